The lowest BCUT2D eigenvalue weighted by Gasteiger charge is -2.09. The van der Waals surface area contributed by atoms with Gasteiger partial charge in [-0.3, -0.25) is 14.3 Å². The molecule has 25 heavy (non-hydrogen) atoms. The first kappa shape index (κ1) is 17.2. The summed E-state index contributed by atoms with van der Waals surface area (Å²) in [5.41, 5.74) is 1.25. The number of aromatic nitrogens is 2. The summed E-state index contributed by atoms with van der Waals surface area (Å²) < 4.78 is 26.0. The van der Waals surface area contributed by atoms with Gasteiger partial charge >= 0.3 is 0 Å². The van der Waals surface area contributed by atoms with Gasteiger partial charge in [0, 0.05) is 17.7 Å². The Balaban J connectivity index is 1.70. The molecular weight excluding hydrogens is 344 g/mol. The summed E-state index contributed by atoms with van der Waals surface area (Å²) in [6.07, 6.45) is 3.15. The van der Waals surface area contributed by atoms with Crippen LogP contribution in [0.1, 0.15) is 24.5 Å². The molecular formula is C16H18N4O4S. The van der Waals surface area contributed by atoms with Crippen LogP contribution in [0.5, 0.6) is 0 Å². The molecule has 0 atom stereocenters. The zero-order valence-electron chi connectivity index (χ0n) is 13.6. The van der Waals surface area contributed by atoms with Crippen LogP contribution < -0.4 is 15.6 Å². The van der Waals surface area contributed by atoms with Gasteiger partial charge in [0.15, 0.2) is 0 Å². The van der Waals surface area contributed by atoms with E-state index >= 15 is 0 Å². The van der Waals surface area contributed by atoms with Gasteiger partial charge in [-0.1, -0.05) is 6.07 Å². The average Bonchev–Trinajstić information content (AvgIpc) is 3.32. The molecule has 8 nitrogen and oxygen atoms in total. The lowest BCUT2D eigenvalue weighted by atomic mass is 10.3. The van der Waals surface area contributed by atoms with Crippen LogP contribution in [0.25, 0.3) is 0 Å². The van der Waals surface area contributed by atoms with Crippen molar-refractivity contribution in [2.75, 3.05) is 16.3 Å². The Morgan fingerprint density at radius 2 is 1.96 bits per heavy atom. The number of nitrogens with one attached hydrogen (secondary N) is 2. The number of rotatable bonds is 6. The number of sulfonamides is 1. The number of amides is 1. The first-order chi connectivity index (χ1) is 11.8. The molecule has 9 heteroatoms. The maximum Gasteiger partial charge on any atom is 0.267 e. The maximum absolute atomic E-state index is 12.2. The number of benzene rings is 1. The van der Waals surface area contributed by atoms with Crippen molar-refractivity contribution in [2.24, 2.45) is 0 Å². The molecule has 1 fully saturated rings. The molecule has 0 unspecified atom stereocenters. The minimum absolute atomic E-state index is 0.205. The molecule has 0 radical (unpaired) electrons. The highest BCUT2D eigenvalue weighted by Gasteiger charge is 2.25. The van der Waals surface area contributed by atoms with Crippen molar-refractivity contribution in [3.63, 3.8) is 0 Å². The van der Waals surface area contributed by atoms with Gasteiger partial charge in [0.1, 0.15) is 6.54 Å². The minimum atomic E-state index is -3.40. The van der Waals surface area contributed by atoms with E-state index in [2.05, 4.69) is 15.1 Å². The second-order valence-electron chi connectivity index (χ2n) is 6.03. The van der Waals surface area contributed by atoms with Crippen molar-refractivity contribution in [2.45, 2.75) is 25.3 Å². The highest BCUT2D eigenvalue weighted by molar-refractivity contribution is 7.92. The van der Waals surface area contributed by atoms with Crippen LogP contribution >= 0.6 is 0 Å². The maximum atomic E-state index is 12.2. The van der Waals surface area contributed by atoms with Crippen LogP contribution in [0.2, 0.25) is 0 Å². The van der Waals surface area contributed by atoms with Crippen molar-refractivity contribution in [1.29, 1.82) is 0 Å². The Morgan fingerprint density at radius 3 is 2.64 bits per heavy atom. The second-order valence-corrected chi connectivity index (χ2v) is 7.78. The average molecular weight is 362 g/mol. The van der Waals surface area contributed by atoms with Crippen LogP contribution in [-0.2, 0) is 21.4 Å². The standard InChI is InChI=1S/C16H18N4O4S/c1-25(23,24)19-13-4-2-3-12(9-13)17-15(21)10-20-16(22)8-7-14(18-20)11-5-6-11/h2-4,7-9,11,19H,5-6,10H2,1H3,(H,17,21). The number of carbonyl (C=O) groups excluding carboxylic acids is 1. The summed E-state index contributed by atoms with van der Waals surface area (Å²) in [4.78, 5) is 24.0. The van der Waals surface area contributed by atoms with Crippen LogP contribution in [-0.4, -0.2) is 30.4 Å². The fourth-order valence-corrected chi connectivity index (χ4v) is 2.94. The molecule has 2 N–H and O–H groups in total. The SMILES string of the molecule is CS(=O)(=O)Nc1cccc(NC(=O)Cn2nc(C3CC3)ccc2=O)c1. The van der Waals surface area contributed by atoms with E-state index in [-0.39, 0.29) is 12.1 Å². The quantitative estimate of drug-likeness (QED) is 0.800. The van der Waals surface area contributed by atoms with Crippen LogP contribution in [0, 0.1) is 0 Å². The molecule has 0 saturated heterocycles. The lowest BCUT2D eigenvalue weighted by Crippen LogP contribution is -2.29. The highest BCUT2D eigenvalue weighted by atomic mass is 32.2. The van der Waals surface area contributed by atoms with Gasteiger partial charge in [-0.15, -0.1) is 0 Å². The Labute approximate surface area is 144 Å². The van der Waals surface area contributed by atoms with Crippen LogP contribution in [0.3, 0.4) is 0 Å². The second kappa shape index (κ2) is 6.67. The van der Waals surface area contributed by atoms with Gasteiger partial charge in [-0.25, -0.2) is 13.1 Å². The summed E-state index contributed by atoms with van der Waals surface area (Å²) in [6.45, 7) is -0.205. The van der Waals surface area contributed by atoms with Crippen LogP contribution in [0.15, 0.2) is 41.2 Å². The van der Waals surface area contributed by atoms with E-state index in [1.807, 2.05) is 0 Å². The first-order valence-electron chi connectivity index (χ1n) is 7.76. The molecule has 3 rings (SSSR count). The Hall–Kier alpha value is -2.68. The van der Waals surface area contributed by atoms with E-state index in [1.165, 1.54) is 12.1 Å². The summed E-state index contributed by atoms with van der Waals surface area (Å²) in [6, 6.07) is 9.43. The predicted octanol–water partition coefficient (Wildman–Crippen LogP) is 1.13. The predicted molar refractivity (Wildman–Crippen MR) is 94.0 cm³/mol. The highest BCUT2D eigenvalue weighted by Crippen LogP contribution is 2.38. The zero-order chi connectivity index (χ0) is 18.0. The molecule has 0 spiro atoms. The van der Waals surface area contributed by atoms with Gasteiger partial charge in [-0.05, 0) is 37.1 Å². The minimum Gasteiger partial charge on any atom is -0.324 e. The van der Waals surface area contributed by atoms with E-state index in [4.69, 9.17) is 0 Å². The van der Waals surface area contributed by atoms with Crippen molar-refractivity contribution < 1.29 is 13.2 Å². The third kappa shape index (κ3) is 4.90. The lowest BCUT2D eigenvalue weighted by molar-refractivity contribution is -0.117. The van der Waals surface area contributed by atoms with Gasteiger partial charge in [-0.2, -0.15) is 5.10 Å². The summed E-state index contributed by atoms with van der Waals surface area (Å²) in [5.74, 6) is -0.0345. The molecule has 1 saturated carbocycles. The van der Waals surface area contributed by atoms with Crippen LogP contribution in [0.4, 0.5) is 11.4 Å². The van der Waals surface area contributed by atoms with Gasteiger partial charge in [0.05, 0.1) is 17.6 Å². The van der Waals surface area contributed by atoms with Gasteiger partial charge < -0.3 is 5.32 Å². The molecule has 0 bridgehead atoms. The smallest absolute Gasteiger partial charge is 0.267 e. The van der Waals surface area contributed by atoms with Crippen molar-refractivity contribution >= 4 is 27.3 Å². The normalized spacial score (nSPS) is 14.1. The topological polar surface area (TPSA) is 110 Å². The molecule has 132 valence electrons. The molecule has 1 amide bonds. The van der Waals surface area contributed by atoms with Gasteiger partial charge in [0.2, 0.25) is 15.9 Å². The Morgan fingerprint density at radius 1 is 1.24 bits per heavy atom. The number of hydrogen-bond donors (Lipinski definition) is 2. The van der Waals surface area contributed by atoms with E-state index in [0.29, 0.717) is 17.3 Å². The van der Waals surface area contributed by atoms with Crippen molar-refractivity contribution in [3.05, 3.63) is 52.4 Å². The Kier molecular flexibility index (Phi) is 4.58. The van der Waals surface area contributed by atoms with Crippen molar-refractivity contribution in [3.8, 4) is 0 Å². The summed E-state index contributed by atoms with van der Waals surface area (Å²) in [5, 5.41) is 6.87. The van der Waals surface area contributed by atoms with E-state index in [1.54, 1.807) is 24.3 Å². The van der Waals surface area contributed by atoms with Crippen molar-refractivity contribution in [1.82, 2.24) is 9.78 Å². The first-order valence-corrected chi connectivity index (χ1v) is 9.65. The monoisotopic (exact) mass is 362 g/mol. The largest absolute Gasteiger partial charge is 0.324 e. The number of hydrogen-bond acceptors (Lipinski definition) is 5. The number of carbonyl (C=O) groups is 1. The fourth-order valence-electron chi connectivity index (χ4n) is 2.39. The third-order valence-electron chi connectivity index (χ3n) is 3.63. The van der Waals surface area contributed by atoms with E-state index in [0.717, 1.165) is 29.5 Å². The molecule has 1 aromatic heterocycles. The fraction of sp³-hybridized carbons (Fsp3) is 0.312. The zero-order valence-corrected chi connectivity index (χ0v) is 14.4. The molecule has 0 aliphatic heterocycles. The Bertz CT molecular complexity index is 964. The van der Waals surface area contributed by atoms with E-state index in [9.17, 15) is 18.0 Å². The molecule has 2 aromatic rings. The molecule has 1 heterocycles. The molecule has 1 aliphatic carbocycles. The number of nitrogens with zero attached hydrogens (tertiary/aromatic N) is 2. The summed E-state index contributed by atoms with van der Waals surface area (Å²) >= 11 is 0. The van der Waals surface area contributed by atoms with E-state index < -0.39 is 15.9 Å². The molecule has 1 aliphatic rings. The number of anilines is 2. The molecule has 1 aromatic carbocycles. The summed E-state index contributed by atoms with van der Waals surface area (Å²) in [7, 11) is -3.40. The van der Waals surface area contributed by atoms with Gasteiger partial charge in [0.25, 0.3) is 5.56 Å². The third-order valence-corrected chi connectivity index (χ3v) is 4.23.